The topological polar surface area (TPSA) is 71.0 Å². The van der Waals surface area contributed by atoms with Crippen LogP contribution in [0.15, 0.2) is 12.1 Å². The number of nitrogens with zero attached hydrogens (tertiary/aromatic N) is 1. The standard InChI is InChI=1S/C19H30N2O4/c1-4-17-10-14-9-15(12-20-7-6-8-22)18(24-3)11-16(14)13-21(17)19(23)25-5-2/h9,11,17,20,22H,4-8,10,12-13H2,1-3H3. The summed E-state index contributed by atoms with van der Waals surface area (Å²) in [5.41, 5.74) is 3.50. The molecule has 1 atom stereocenters. The van der Waals surface area contributed by atoms with Gasteiger partial charge in [0.2, 0.25) is 0 Å². The minimum absolute atomic E-state index is 0.162. The lowest BCUT2D eigenvalue weighted by molar-refractivity contribution is 0.0813. The van der Waals surface area contributed by atoms with Crippen molar-refractivity contribution in [1.29, 1.82) is 0 Å². The Hall–Kier alpha value is -1.79. The van der Waals surface area contributed by atoms with Crippen molar-refractivity contribution in [3.63, 3.8) is 0 Å². The number of carbonyl (C=O) groups is 1. The molecule has 25 heavy (non-hydrogen) atoms. The van der Waals surface area contributed by atoms with E-state index in [1.54, 1.807) is 7.11 Å². The molecule has 2 rings (SSSR count). The van der Waals surface area contributed by atoms with Crippen molar-refractivity contribution in [2.24, 2.45) is 0 Å². The second-order valence-corrected chi connectivity index (χ2v) is 6.28. The number of hydrogen-bond acceptors (Lipinski definition) is 5. The maximum Gasteiger partial charge on any atom is 0.410 e. The van der Waals surface area contributed by atoms with Crippen LogP contribution in [-0.4, -0.2) is 49.0 Å². The van der Waals surface area contributed by atoms with E-state index >= 15 is 0 Å². The minimum atomic E-state index is -0.242. The summed E-state index contributed by atoms with van der Waals surface area (Å²) in [7, 11) is 1.67. The van der Waals surface area contributed by atoms with Crippen LogP contribution in [0.3, 0.4) is 0 Å². The maximum absolute atomic E-state index is 12.2. The first-order valence-corrected chi connectivity index (χ1v) is 9.08. The molecule has 1 aliphatic rings. The van der Waals surface area contributed by atoms with E-state index in [4.69, 9.17) is 14.6 Å². The maximum atomic E-state index is 12.2. The third kappa shape index (κ3) is 4.86. The molecule has 1 amide bonds. The van der Waals surface area contributed by atoms with Crippen molar-refractivity contribution in [2.75, 3.05) is 26.9 Å². The van der Waals surface area contributed by atoms with Gasteiger partial charge in [0.05, 0.1) is 13.7 Å². The largest absolute Gasteiger partial charge is 0.496 e. The molecule has 0 spiro atoms. The van der Waals surface area contributed by atoms with Gasteiger partial charge in [-0.2, -0.15) is 0 Å². The zero-order chi connectivity index (χ0) is 18.2. The van der Waals surface area contributed by atoms with Crippen LogP contribution in [-0.2, 0) is 24.2 Å². The molecule has 1 aromatic carbocycles. The third-order valence-corrected chi connectivity index (χ3v) is 4.64. The number of fused-ring (bicyclic) bond motifs is 1. The summed E-state index contributed by atoms with van der Waals surface area (Å²) in [6.07, 6.45) is 2.22. The first-order valence-electron chi connectivity index (χ1n) is 9.08. The van der Waals surface area contributed by atoms with E-state index in [-0.39, 0.29) is 18.7 Å². The van der Waals surface area contributed by atoms with Gasteiger partial charge in [-0.3, -0.25) is 0 Å². The lowest BCUT2D eigenvalue weighted by Crippen LogP contribution is -2.44. The number of rotatable bonds is 8. The first-order chi connectivity index (χ1) is 12.1. The number of amides is 1. The van der Waals surface area contributed by atoms with Crippen LogP contribution in [0.2, 0.25) is 0 Å². The normalized spacial score (nSPS) is 16.5. The van der Waals surface area contributed by atoms with Gasteiger partial charge in [0, 0.05) is 31.3 Å². The molecule has 0 bridgehead atoms. The minimum Gasteiger partial charge on any atom is -0.496 e. The summed E-state index contributed by atoms with van der Waals surface area (Å²) >= 11 is 0. The predicted octanol–water partition coefficient (Wildman–Crippen LogP) is 2.46. The number of aliphatic hydroxyl groups excluding tert-OH is 1. The zero-order valence-corrected chi connectivity index (χ0v) is 15.5. The lowest BCUT2D eigenvalue weighted by Gasteiger charge is -2.36. The highest BCUT2D eigenvalue weighted by Gasteiger charge is 2.30. The van der Waals surface area contributed by atoms with Gasteiger partial charge < -0.3 is 24.8 Å². The fourth-order valence-corrected chi connectivity index (χ4v) is 3.27. The van der Waals surface area contributed by atoms with E-state index in [1.165, 1.54) is 5.56 Å². The molecular formula is C19H30N2O4. The molecule has 6 heteroatoms. The number of carbonyl (C=O) groups excluding carboxylic acids is 1. The summed E-state index contributed by atoms with van der Waals surface area (Å²) in [5.74, 6) is 0.828. The summed E-state index contributed by atoms with van der Waals surface area (Å²) < 4.78 is 10.8. The summed E-state index contributed by atoms with van der Waals surface area (Å²) in [5, 5.41) is 12.2. The van der Waals surface area contributed by atoms with Gasteiger partial charge in [-0.05, 0) is 49.9 Å². The zero-order valence-electron chi connectivity index (χ0n) is 15.5. The van der Waals surface area contributed by atoms with Crippen molar-refractivity contribution in [2.45, 2.75) is 52.2 Å². The van der Waals surface area contributed by atoms with Crippen molar-refractivity contribution >= 4 is 6.09 Å². The summed E-state index contributed by atoms with van der Waals surface area (Å²) in [6, 6.07) is 4.39. The Kier molecular flexibility index (Phi) is 7.52. The Morgan fingerprint density at radius 3 is 2.80 bits per heavy atom. The van der Waals surface area contributed by atoms with Crippen LogP contribution >= 0.6 is 0 Å². The fraction of sp³-hybridized carbons (Fsp3) is 0.632. The van der Waals surface area contributed by atoms with E-state index in [2.05, 4.69) is 18.3 Å². The average Bonchev–Trinajstić information content (AvgIpc) is 2.63. The molecule has 0 saturated heterocycles. The molecule has 0 fully saturated rings. The van der Waals surface area contributed by atoms with Gasteiger partial charge >= 0.3 is 6.09 Å². The predicted molar refractivity (Wildman–Crippen MR) is 96.8 cm³/mol. The third-order valence-electron chi connectivity index (χ3n) is 4.64. The van der Waals surface area contributed by atoms with Crippen molar-refractivity contribution in [3.8, 4) is 5.75 Å². The molecule has 1 heterocycles. The van der Waals surface area contributed by atoms with Crippen molar-refractivity contribution < 1.29 is 19.4 Å². The van der Waals surface area contributed by atoms with E-state index in [0.717, 1.165) is 42.7 Å². The van der Waals surface area contributed by atoms with Crippen LogP contribution in [0.5, 0.6) is 5.75 Å². The molecular weight excluding hydrogens is 320 g/mol. The van der Waals surface area contributed by atoms with Gasteiger partial charge in [-0.15, -0.1) is 0 Å². The molecule has 0 aromatic heterocycles. The summed E-state index contributed by atoms with van der Waals surface area (Å²) in [4.78, 5) is 14.1. The molecule has 0 radical (unpaired) electrons. The molecule has 1 unspecified atom stereocenters. The van der Waals surface area contributed by atoms with Crippen LogP contribution < -0.4 is 10.1 Å². The van der Waals surface area contributed by atoms with Crippen molar-refractivity contribution in [3.05, 3.63) is 28.8 Å². The Morgan fingerprint density at radius 1 is 1.36 bits per heavy atom. The average molecular weight is 350 g/mol. The van der Waals surface area contributed by atoms with Gasteiger partial charge in [-0.1, -0.05) is 13.0 Å². The first kappa shape index (κ1) is 19.5. The highest BCUT2D eigenvalue weighted by atomic mass is 16.6. The molecule has 2 N–H and O–H groups in total. The molecule has 0 saturated carbocycles. The van der Waals surface area contributed by atoms with E-state index < -0.39 is 0 Å². The summed E-state index contributed by atoms with van der Waals surface area (Å²) in [6.45, 7) is 6.54. The highest BCUT2D eigenvalue weighted by Crippen LogP contribution is 2.31. The Morgan fingerprint density at radius 2 is 2.16 bits per heavy atom. The number of ether oxygens (including phenoxy) is 2. The van der Waals surface area contributed by atoms with E-state index in [0.29, 0.717) is 19.7 Å². The molecule has 1 aromatic rings. The van der Waals surface area contributed by atoms with Crippen LogP contribution in [0, 0.1) is 0 Å². The Bertz CT molecular complexity index is 577. The second kappa shape index (κ2) is 9.63. The number of nitrogens with one attached hydrogen (secondary N) is 1. The fourth-order valence-electron chi connectivity index (χ4n) is 3.27. The molecule has 1 aliphatic heterocycles. The van der Waals surface area contributed by atoms with Crippen LogP contribution in [0.1, 0.15) is 43.4 Å². The number of methoxy groups -OCH3 is 1. The monoisotopic (exact) mass is 350 g/mol. The smallest absolute Gasteiger partial charge is 0.410 e. The number of benzene rings is 1. The van der Waals surface area contributed by atoms with Gasteiger partial charge in [0.1, 0.15) is 5.75 Å². The number of aliphatic hydroxyl groups is 1. The van der Waals surface area contributed by atoms with Gasteiger partial charge in [0.25, 0.3) is 0 Å². The van der Waals surface area contributed by atoms with E-state index in [1.807, 2.05) is 17.9 Å². The Balaban J connectivity index is 2.20. The molecule has 140 valence electrons. The SMILES string of the molecule is CCOC(=O)N1Cc2cc(OC)c(CNCCCO)cc2CC1CC. The number of hydrogen-bond donors (Lipinski definition) is 2. The van der Waals surface area contributed by atoms with Crippen LogP contribution in [0.25, 0.3) is 0 Å². The quantitative estimate of drug-likeness (QED) is 0.705. The van der Waals surface area contributed by atoms with Crippen molar-refractivity contribution in [1.82, 2.24) is 10.2 Å². The Labute approximate surface area is 150 Å². The molecule has 6 nitrogen and oxygen atoms in total. The second-order valence-electron chi connectivity index (χ2n) is 6.28. The lowest BCUT2D eigenvalue weighted by atomic mass is 9.91. The highest BCUT2D eigenvalue weighted by molar-refractivity contribution is 5.69. The van der Waals surface area contributed by atoms with Gasteiger partial charge in [-0.25, -0.2) is 4.79 Å². The van der Waals surface area contributed by atoms with Gasteiger partial charge in [0.15, 0.2) is 0 Å². The molecule has 0 aliphatic carbocycles. The van der Waals surface area contributed by atoms with E-state index in [9.17, 15) is 4.79 Å². The van der Waals surface area contributed by atoms with Crippen LogP contribution in [0.4, 0.5) is 4.79 Å².